The minimum atomic E-state index is 1.05. The van der Waals surface area contributed by atoms with Crippen molar-refractivity contribution in [1.82, 2.24) is 0 Å². The molecule has 0 fully saturated rings. The predicted octanol–water partition coefficient (Wildman–Crippen LogP) is 3.59. The van der Waals surface area contributed by atoms with E-state index < -0.39 is 0 Å². The maximum absolute atomic E-state index is 3.12. The van der Waals surface area contributed by atoms with E-state index in [4.69, 9.17) is 0 Å². The molecule has 12 heavy (non-hydrogen) atoms. The van der Waals surface area contributed by atoms with Crippen molar-refractivity contribution in [3.8, 4) is 0 Å². The number of allylic oxidation sites excluding steroid dienone is 8. The summed E-state index contributed by atoms with van der Waals surface area (Å²) in [6.45, 7) is 0. The third-order valence-electron chi connectivity index (χ3n) is 1.72. The van der Waals surface area contributed by atoms with E-state index in [0.29, 0.717) is 0 Å². The molecule has 0 aromatic carbocycles. The number of rotatable bonds is 0. The largest absolute Gasteiger partial charge is 0.0882 e. The zero-order valence-electron chi connectivity index (χ0n) is 7.37. The van der Waals surface area contributed by atoms with Crippen LogP contribution in [0.3, 0.4) is 0 Å². The van der Waals surface area contributed by atoms with Gasteiger partial charge in [0, 0.05) is 0 Å². The van der Waals surface area contributed by atoms with Gasteiger partial charge in [-0.1, -0.05) is 42.5 Å². The lowest BCUT2D eigenvalue weighted by molar-refractivity contribution is 0.864. The molecular weight excluding hydrogens is 144 g/mol. The van der Waals surface area contributed by atoms with E-state index in [0.717, 1.165) is 12.8 Å². The Kier molecular flexibility index (Phi) is 5.02. The van der Waals surface area contributed by atoms with Gasteiger partial charge in [0.1, 0.15) is 0 Å². The maximum Gasteiger partial charge on any atom is -0.0166 e. The van der Waals surface area contributed by atoms with Crippen LogP contribution in [0, 0.1) is 6.08 Å². The molecule has 1 radical (unpaired) electrons. The van der Waals surface area contributed by atoms with Crippen molar-refractivity contribution >= 4 is 0 Å². The summed E-state index contributed by atoms with van der Waals surface area (Å²) >= 11 is 0. The maximum atomic E-state index is 3.12. The molecule has 1 aliphatic rings. The molecule has 63 valence electrons. The fourth-order valence-corrected chi connectivity index (χ4v) is 1.05. The van der Waals surface area contributed by atoms with Crippen LogP contribution in [-0.2, 0) is 0 Å². The van der Waals surface area contributed by atoms with Crippen LogP contribution >= 0.6 is 0 Å². The Balaban J connectivity index is 2.42. The Bertz CT molecular complexity index is 204. The first kappa shape index (κ1) is 9.05. The molecule has 0 aromatic heterocycles. The van der Waals surface area contributed by atoms with E-state index in [1.54, 1.807) is 0 Å². The summed E-state index contributed by atoms with van der Waals surface area (Å²) in [5.41, 5.74) is 0. The molecule has 0 unspecified atom stereocenters. The molecule has 0 saturated carbocycles. The minimum absolute atomic E-state index is 1.05. The highest BCUT2D eigenvalue weighted by Crippen LogP contribution is 2.00. The van der Waals surface area contributed by atoms with Gasteiger partial charge in [-0.3, -0.25) is 0 Å². The monoisotopic (exact) mass is 159 g/mol. The quantitative estimate of drug-likeness (QED) is 0.474. The van der Waals surface area contributed by atoms with Crippen LogP contribution in [0.2, 0.25) is 0 Å². The van der Waals surface area contributed by atoms with Gasteiger partial charge in [-0.05, 0) is 31.8 Å². The van der Waals surface area contributed by atoms with E-state index in [1.165, 1.54) is 12.8 Å². The van der Waals surface area contributed by atoms with E-state index in [-0.39, 0.29) is 0 Å². The van der Waals surface area contributed by atoms with Crippen LogP contribution in [0.5, 0.6) is 0 Å². The third kappa shape index (κ3) is 4.73. The zero-order valence-corrected chi connectivity index (χ0v) is 7.37. The van der Waals surface area contributed by atoms with Crippen molar-refractivity contribution in [3.63, 3.8) is 0 Å². The summed E-state index contributed by atoms with van der Waals surface area (Å²) < 4.78 is 0. The molecule has 0 saturated heterocycles. The van der Waals surface area contributed by atoms with Crippen LogP contribution in [0.15, 0.2) is 42.5 Å². The average Bonchev–Trinajstić information content (AvgIpc) is 2.05. The number of hydrogen-bond acceptors (Lipinski definition) is 0. The van der Waals surface area contributed by atoms with Crippen LogP contribution < -0.4 is 0 Å². The van der Waals surface area contributed by atoms with Crippen molar-refractivity contribution in [1.29, 1.82) is 0 Å². The van der Waals surface area contributed by atoms with Gasteiger partial charge in [-0.2, -0.15) is 0 Å². The summed E-state index contributed by atoms with van der Waals surface area (Å²) in [6.07, 6.45) is 22.5. The average molecular weight is 159 g/mol. The SMILES string of the molecule is [C]1=C\CCC/C=C\C/C=C/C=C/1. The Morgan fingerprint density at radius 2 is 1.92 bits per heavy atom. The molecule has 0 aliphatic heterocycles. The van der Waals surface area contributed by atoms with Crippen molar-refractivity contribution < 1.29 is 0 Å². The zero-order chi connectivity index (χ0) is 8.49. The lowest BCUT2D eigenvalue weighted by Gasteiger charge is -1.89. The van der Waals surface area contributed by atoms with Crippen molar-refractivity contribution in [2.45, 2.75) is 25.7 Å². The normalized spacial score (nSPS) is 29.3. The summed E-state index contributed by atoms with van der Waals surface area (Å²) in [5.74, 6) is 0. The van der Waals surface area contributed by atoms with Crippen molar-refractivity contribution in [3.05, 3.63) is 48.6 Å². The molecule has 1 aliphatic carbocycles. The fourth-order valence-electron chi connectivity index (χ4n) is 1.05. The lowest BCUT2D eigenvalue weighted by Crippen LogP contribution is -1.70. The second-order valence-corrected chi connectivity index (χ2v) is 2.80. The van der Waals surface area contributed by atoms with Gasteiger partial charge in [0.2, 0.25) is 0 Å². The standard InChI is InChI=1S/C12H15/c1-2-4-6-8-10-12-11-9-7-5-3-1/h1-4,7-9H,5,10-12H2/b3-1+,4-2+,8-6?,9-7-. The van der Waals surface area contributed by atoms with Crippen molar-refractivity contribution in [2.75, 3.05) is 0 Å². The highest BCUT2D eigenvalue weighted by Gasteiger charge is 1.80. The molecule has 0 heteroatoms. The second kappa shape index (κ2) is 6.66. The Morgan fingerprint density at radius 3 is 2.92 bits per heavy atom. The highest BCUT2D eigenvalue weighted by molar-refractivity contribution is 5.09. The van der Waals surface area contributed by atoms with Gasteiger partial charge in [-0.25, -0.2) is 0 Å². The van der Waals surface area contributed by atoms with E-state index in [2.05, 4.69) is 36.5 Å². The smallest absolute Gasteiger partial charge is 0.0166 e. The number of hydrogen-bond donors (Lipinski definition) is 0. The molecule has 0 nitrogen and oxygen atoms in total. The molecule has 0 atom stereocenters. The molecular formula is C12H15. The second-order valence-electron chi connectivity index (χ2n) is 2.80. The summed E-state index contributed by atoms with van der Waals surface area (Å²) in [6, 6.07) is 0. The molecule has 0 spiro atoms. The lowest BCUT2D eigenvalue weighted by atomic mass is 10.2. The molecule has 1 rings (SSSR count). The third-order valence-corrected chi connectivity index (χ3v) is 1.72. The van der Waals surface area contributed by atoms with Gasteiger partial charge in [0.25, 0.3) is 0 Å². The summed E-state index contributed by atoms with van der Waals surface area (Å²) in [4.78, 5) is 0. The van der Waals surface area contributed by atoms with Crippen molar-refractivity contribution in [2.24, 2.45) is 0 Å². The molecule has 0 bridgehead atoms. The molecule has 0 N–H and O–H groups in total. The first-order valence-electron chi connectivity index (χ1n) is 4.54. The first-order chi connectivity index (χ1) is 6.00. The minimum Gasteiger partial charge on any atom is -0.0882 e. The van der Waals surface area contributed by atoms with Gasteiger partial charge in [0.15, 0.2) is 0 Å². The summed E-state index contributed by atoms with van der Waals surface area (Å²) in [7, 11) is 0. The summed E-state index contributed by atoms with van der Waals surface area (Å²) in [5, 5.41) is 0. The Morgan fingerprint density at radius 1 is 0.917 bits per heavy atom. The molecule has 0 heterocycles. The van der Waals surface area contributed by atoms with E-state index >= 15 is 0 Å². The fraction of sp³-hybridized carbons (Fsp3) is 0.333. The van der Waals surface area contributed by atoms with Crippen LogP contribution in [-0.4, -0.2) is 0 Å². The van der Waals surface area contributed by atoms with Gasteiger partial charge < -0.3 is 0 Å². The molecule has 0 aromatic rings. The predicted molar refractivity (Wildman–Crippen MR) is 53.7 cm³/mol. The van der Waals surface area contributed by atoms with Gasteiger partial charge in [0.05, 0.1) is 0 Å². The van der Waals surface area contributed by atoms with Crippen LogP contribution in [0.25, 0.3) is 0 Å². The van der Waals surface area contributed by atoms with Gasteiger partial charge in [-0.15, -0.1) is 0 Å². The van der Waals surface area contributed by atoms with E-state index in [9.17, 15) is 0 Å². The highest BCUT2D eigenvalue weighted by atomic mass is 13.9. The first-order valence-corrected chi connectivity index (χ1v) is 4.54. The Labute approximate surface area is 75.0 Å². The van der Waals surface area contributed by atoms with Crippen LogP contribution in [0.4, 0.5) is 0 Å². The topological polar surface area (TPSA) is 0 Å². The van der Waals surface area contributed by atoms with E-state index in [1.807, 2.05) is 12.2 Å². The molecule has 0 amide bonds. The van der Waals surface area contributed by atoms with Gasteiger partial charge >= 0.3 is 0 Å². The van der Waals surface area contributed by atoms with Crippen LogP contribution in [0.1, 0.15) is 25.7 Å². The Hall–Kier alpha value is -1.04.